The molecule has 1 aliphatic carbocycles. The topological polar surface area (TPSA) is 91.4 Å². The van der Waals surface area contributed by atoms with Gasteiger partial charge in [0.25, 0.3) is 5.91 Å². The summed E-state index contributed by atoms with van der Waals surface area (Å²) < 4.78 is 1.12. The predicted molar refractivity (Wildman–Crippen MR) is 124 cm³/mol. The van der Waals surface area contributed by atoms with E-state index in [0.29, 0.717) is 12.1 Å². The van der Waals surface area contributed by atoms with Gasteiger partial charge >= 0.3 is 6.03 Å². The summed E-state index contributed by atoms with van der Waals surface area (Å²) >= 11 is 1.62. The van der Waals surface area contributed by atoms with Crippen molar-refractivity contribution < 1.29 is 14.4 Å². The van der Waals surface area contributed by atoms with Gasteiger partial charge in [-0.2, -0.15) is 0 Å². The Labute approximate surface area is 189 Å². The van der Waals surface area contributed by atoms with E-state index in [1.54, 1.807) is 23.5 Å². The molecular weight excluding hydrogens is 424 g/mol. The predicted octanol–water partition coefficient (Wildman–Crippen LogP) is 4.40. The van der Waals surface area contributed by atoms with Crippen molar-refractivity contribution in [3.05, 3.63) is 48.5 Å². The number of carbonyl (C=O) groups is 3. The smallest absolute Gasteiger partial charge is 0.325 e. The van der Waals surface area contributed by atoms with Gasteiger partial charge in [-0.3, -0.25) is 14.5 Å². The number of aromatic nitrogens is 1. The molecule has 1 saturated carbocycles. The van der Waals surface area contributed by atoms with Crippen LogP contribution < -0.4 is 10.6 Å². The third-order valence-corrected chi connectivity index (χ3v) is 7.60. The van der Waals surface area contributed by atoms with Gasteiger partial charge in [-0.1, -0.05) is 31.9 Å². The first kappa shape index (κ1) is 20.6. The molecule has 32 heavy (non-hydrogen) atoms. The number of benzene rings is 2. The fourth-order valence-corrected chi connectivity index (χ4v) is 5.65. The summed E-state index contributed by atoms with van der Waals surface area (Å²) in [6.07, 6.45) is 3.48. The lowest BCUT2D eigenvalue weighted by Crippen LogP contribution is -2.54. The molecule has 0 radical (unpaired) electrons. The highest BCUT2D eigenvalue weighted by Gasteiger charge is 2.55. The lowest BCUT2D eigenvalue weighted by atomic mass is 9.73. The average molecular weight is 449 g/mol. The van der Waals surface area contributed by atoms with E-state index >= 15 is 0 Å². The maximum Gasteiger partial charge on any atom is 0.325 e. The SMILES string of the molecule is C[C@H]1CCCC[C@]12NC(=O)N(CC(=O)Nc1ccc(-c3nc4ccccc4s3)cc1)C2=O. The van der Waals surface area contributed by atoms with E-state index in [1.807, 2.05) is 43.3 Å². The second-order valence-corrected chi connectivity index (χ2v) is 9.58. The van der Waals surface area contributed by atoms with E-state index in [0.717, 1.165) is 45.0 Å². The first-order chi connectivity index (χ1) is 15.5. The zero-order chi connectivity index (χ0) is 22.3. The van der Waals surface area contributed by atoms with Crippen LogP contribution in [0.25, 0.3) is 20.8 Å². The van der Waals surface area contributed by atoms with Gasteiger partial charge in [-0.15, -0.1) is 11.3 Å². The van der Waals surface area contributed by atoms with Crippen LogP contribution in [0.1, 0.15) is 32.6 Å². The van der Waals surface area contributed by atoms with Crippen LogP contribution in [0.2, 0.25) is 0 Å². The molecule has 2 fully saturated rings. The monoisotopic (exact) mass is 448 g/mol. The molecule has 164 valence electrons. The third-order valence-electron chi connectivity index (χ3n) is 6.51. The zero-order valence-corrected chi connectivity index (χ0v) is 18.6. The number of carbonyl (C=O) groups excluding carboxylic acids is 3. The molecule has 2 N–H and O–H groups in total. The van der Waals surface area contributed by atoms with E-state index in [9.17, 15) is 14.4 Å². The number of imide groups is 1. The molecule has 7 nitrogen and oxygen atoms in total. The summed E-state index contributed by atoms with van der Waals surface area (Å²) in [7, 11) is 0. The quantitative estimate of drug-likeness (QED) is 0.579. The normalized spacial score (nSPS) is 23.0. The number of nitrogens with one attached hydrogen (secondary N) is 2. The molecular formula is C24H24N4O3S. The number of nitrogens with zero attached hydrogens (tertiary/aromatic N) is 2. The first-order valence-electron chi connectivity index (χ1n) is 10.9. The van der Waals surface area contributed by atoms with Gasteiger partial charge in [0, 0.05) is 11.3 Å². The van der Waals surface area contributed by atoms with Gasteiger partial charge in [0.1, 0.15) is 17.1 Å². The van der Waals surface area contributed by atoms with E-state index in [-0.39, 0.29) is 18.4 Å². The van der Waals surface area contributed by atoms with Crippen LogP contribution in [-0.4, -0.2) is 39.8 Å². The molecule has 8 heteroatoms. The fraction of sp³-hybridized carbons (Fsp3) is 0.333. The minimum absolute atomic E-state index is 0.0656. The molecule has 0 unspecified atom stereocenters. The van der Waals surface area contributed by atoms with E-state index in [1.165, 1.54) is 0 Å². The zero-order valence-electron chi connectivity index (χ0n) is 17.8. The molecule has 2 aliphatic rings. The van der Waals surface area contributed by atoms with E-state index < -0.39 is 17.5 Å². The Kier molecular flexibility index (Phi) is 5.17. The van der Waals surface area contributed by atoms with Crippen molar-refractivity contribution >= 4 is 45.1 Å². The number of hydrogen-bond donors (Lipinski definition) is 2. The number of para-hydroxylation sites is 1. The lowest BCUT2D eigenvalue weighted by Gasteiger charge is -2.36. The Morgan fingerprint density at radius 3 is 2.72 bits per heavy atom. The van der Waals surface area contributed by atoms with Crippen molar-refractivity contribution in [1.29, 1.82) is 0 Å². The Bertz CT molecular complexity index is 1170. The van der Waals surface area contributed by atoms with Crippen LogP contribution in [0.15, 0.2) is 48.5 Å². The van der Waals surface area contributed by atoms with Gasteiger partial charge in [-0.05, 0) is 55.2 Å². The number of fused-ring (bicyclic) bond motifs is 1. The summed E-state index contributed by atoms with van der Waals surface area (Å²) in [6, 6.07) is 14.9. The van der Waals surface area contributed by atoms with Crippen molar-refractivity contribution in [2.75, 3.05) is 11.9 Å². The minimum atomic E-state index is -0.853. The summed E-state index contributed by atoms with van der Waals surface area (Å²) in [4.78, 5) is 43.8. The third kappa shape index (κ3) is 3.54. The van der Waals surface area contributed by atoms with Gasteiger partial charge < -0.3 is 10.6 Å². The van der Waals surface area contributed by atoms with E-state index in [2.05, 4.69) is 15.6 Å². The molecule has 1 aromatic heterocycles. The number of amides is 4. The van der Waals surface area contributed by atoms with Gasteiger partial charge in [-0.25, -0.2) is 9.78 Å². The van der Waals surface area contributed by atoms with Crippen LogP contribution in [0.5, 0.6) is 0 Å². The number of urea groups is 1. The Hall–Kier alpha value is -3.26. The fourth-order valence-electron chi connectivity index (χ4n) is 4.67. The van der Waals surface area contributed by atoms with Gasteiger partial charge in [0.05, 0.1) is 10.2 Å². The van der Waals surface area contributed by atoms with Crippen molar-refractivity contribution in [2.45, 2.75) is 38.1 Å². The lowest BCUT2D eigenvalue weighted by molar-refractivity contribution is -0.136. The second kappa shape index (κ2) is 8.02. The second-order valence-electron chi connectivity index (χ2n) is 8.55. The number of anilines is 1. The summed E-state index contributed by atoms with van der Waals surface area (Å²) in [5.74, 6) is -0.617. The maximum absolute atomic E-state index is 13.0. The first-order valence-corrected chi connectivity index (χ1v) is 11.7. The highest BCUT2D eigenvalue weighted by Crippen LogP contribution is 2.38. The van der Waals surface area contributed by atoms with Crippen LogP contribution in [-0.2, 0) is 9.59 Å². The number of hydrogen-bond acceptors (Lipinski definition) is 5. The van der Waals surface area contributed by atoms with Crippen LogP contribution >= 0.6 is 11.3 Å². The average Bonchev–Trinajstić information content (AvgIpc) is 3.32. The van der Waals surface area contributed by atoms with Crippen LogP contribution in [0.3, 0.4) is 0 Å². The molecule has 5 rings (SSSR count). The van der Waals surface area contributed by atoms with Crippen LogP contribution in [0.4, 0.5) is 10.5 Å². The van der Waals surface area contributed by atoms with E-state index in [4.69, 9.17) is 0 Å². The molecule has 1 aliphatic heterocycles. The minimum Gasteiger partial charge on any atom is -0.325 e. The molecule has 2 heterocycles. The molecule has 1 saturated heterocycles. The standard InChI is InChI=1S/C24H24N4O3S/c1-15-6-4-5-13-24(15)22(30)28(23(31)27-24)14-20(29)25-17-11-9-16(10-12-17)21-26-18-7-2-3-8-19(18)32-21/h2-3,7-12,15H,4-6,13-14H2,1H3,(H,25,29)(H,27,31)/t15-,24-/m0/s1. The van der Waals surface area contributed by atoms with Gasteiger partial charge in [0.2, 0.25) is 5.91 Å². The van der Waals surface area contributed by atoms with Crippen LogP contribution in [0, 0.1) is 5.92 Å². The van der Waals surface area contributed by atoms with Gasteiger partial charge in [0.15, 0.2) is 0 Å². The summed E-state index contributed by atoms with van der Waals surface area (Å²) in [5.41, 5.74) is 1.68. The summed E-state index contributed by atoms with van der Waals surface area (Å²) in [5, 5.41) is 6.58. The molecule has 0 bridgehead atoms. The molecule has 1 spiro atoms. The molecule has 3 aromatic rings. The summed E-state index contributed by atoms with van der Waals surface area (Å²) in [6.45, 7) is 1.70. The van der Waals surface area contributed by atoms with Crippen molar-refractivity contribution in [3.63, 3.8) is 0 Å². The highest BCUT2D eigenvalue weighted by atomic mass is 32.1. The number of rotatable bonds is 4. The van der Waals surface area contributed by atoms with Crippen molar-refractivity contribution in [2.24, 2.45) is 5.92 Å². The molecule has 4 amide bonds. The maximum atomic E-state index is 13.0. The largest absolute Gasteiger partial charge is 0.325 e. The molecule has 2 atom stereocenters. The highest BCUT2D eigenvalue weighted by molar-refractivity contribution is 7.21. The van der Waals surface area contributed by atoms with Crippen molar-refractivity contribution in [3.8, 4) is 10.6 Å². The molecule has 2 aromatic carbocycles. The number of thiazole rings is 1. The Morgan fingerprint density at radius 1 is 1.19 bits per heavy atom. The Balaban J connectivity index is 1.25. The van der Waals surface area contributed by atoms with Crippen molar-refractivity contribution in [1.82, 2.24) is 15.2 Å². The Morgan fingerprint density at radius 2 is 1.97 bits per heavy atom.